The monoisotopic (exact) mass is 218 g/mol. The normalized spacial score (nSPS) is 20.4. The molecule has 2 rings (SSSR count). The Morgan fingerprint density at radius 2 is 2.12 bits per heavy atom. The summed E-state index contributed by atoms with van der Waals surface area (Å²) < 4.78 is 0. The minimum atomic E-state index is -0.0201. The maximum Gasteiger partial charge on any atom is 0.251 e. The third-order valence-corrected chi connectivity index (χ3v) is 3.17. The van der Waals surface area contributed by atoms with E-state index in [1.807, 2.05) is 12.1 Å². The van der Waals surface area contributed by atoms with Gasteiger partial charge in [-0.1, -0.05) is 12.1 Å². The molecule has 0 aliphatic carbocycles. The molecule has 1 aromatic rings. The summed E-state index contributed by atoms with van der Waals surface area (Å²) in [6.07, 6.45) is 2.48. The van der Waals surface area contributed by atoms with E-state index in [-0.39, 0.29) is 5.91 Å². The first-order valence-corrected chi connectivity index (χ1v) is 5.84. The zero-order valence-corrected chi connectivity index (χ0v) is 9.62. The highest BCUT2D eigenvalue weighted by atomic mass is 16.1. The number of piperidine rings is 1. The van der Waals surface area contributed by atoms with Gasteiger partial charge in [0, 0.05) is 19.2 Å². The van der Waals surface area contributed by atoms with Crippen LogP contribution in [0.2, 0.25) is 0 Å². The lowest BCUT2D eigenvalue weighted by molar-refractivity contribution is 0.0963. The maximum absolute atomic E-state index is 11.4. The largest absolute Gasteiger partial charge is 0.355 e. The predicted octanol–water partition coefficient (Wildman–Crippen LogP) is 1.51. The quantitative estimate of drug-likeness (QED) is 0.790. The van der Waals surface area contributed by atoms with Crippen LogP contribution in [0, 0.1) is 0 Å². The number of carbonyl (C=O) groups is 1. The molecule has 1 heterocycles. The van der Waals surface area contributed by atoms with Gasteiger partial charge in [-0.25, -0.2) is 0 Å². The van der Waals surface area contributed by atoms with E-state index in [1.54, 1.807) is 7.05 Å². The standard InChI is InChI=1S/C13H18N2O/c1-14-13(16)11-6-4-10(5-7-11)12-3-2-8-15-9-12/h4-7,12,15H,2-3,8-9H2,1H3,(H,14,16). The number of nitrogens with one attached hydrogen (secondary N) is 2. The summed E-state index contributed by atoms with van der Waals surface area (Å²) in [4.78, 5) is 11.4. The molecule has 1 aliphatic heterocycles. The van der Waals surface area contributed by atoms with Crippen LogP contribution in [0.1, 0.15) is 34.7 Å². The summed E-state index contributed by atoms with van der Waals surface area (Å²) in [5.74, 6) is 0.584. The molecular weight excluding hydrogens is 200 g/mol. The third kappa shape index (κ3) is 2.42. The highest BCUT2D eigenvalue weighted by molar-refractivity contribution is 5.93. The zero-order chi connectivity index (χ0) is 11.4. The van der Waals surface area contributed by atoms with Crippen LogP contribution in [0.5, 0.6) is 0 Å². The second kappa shape index (κ2) is 5.12. The van der Waals surface area contributed by atoms with Gasteiger partial charge < -0.3 is 10.6 Å². The lowest BCUT2D eigenvalue weighted by Crippen LogP contribution is -2.28. The molecule has 1 aliphatic rings. The highest BCUT2D eigenvalue weighted by Gasteiger charge is 2.15. The average molecular weight is 218 g/mol. The number of amides is 1. The van der Waals surface area contributed by atoms with E-state index in [9.17, 15) is 4.79 Å². The van der Waals surface area contributed by atoms with Crippen LogP contribution in [-0.4, -0.2) is 26.0 Å². The van der Waals surface area contributed by atoms with E-state index < -0.39 is 0 Å². The number of hydrogen-bond donors (Lipinski definition) is 2. The van der Waals surface area contributed by atoms with E-state index in [4.69, 9.17) is 0 Å². The molecule has 1 aromatic carbocycles. The van der Waals surface area contributed by atoms with Crippen LogP contribution in [0.25, 0.3) is 0 Å². The van der Waals surface area contributed by atoms with Gasteiger partial charge in [0.2, 0.25) is 0 Å². The van der Waals surface area contributed by atoms with E-state index in [1.165, 1.54) is 18.4 Å². The Hall–Kier alpha value is -1.35. The van der Waals surface area contributed by atoms with E-state index in [0.29, 0.717) is 5.92 Å². The highest BCUT2D eigenvalue weighted by Crippen LogP contribution is 2.23. The SMILES string of the molecule is CNC(=O)c1ccc(C2CCCNC2)cc1. The van der Waals surface area contributed by atoms with Crippen LogP contribution >= 0.6 is 0 Å². The maximum atomic E-state index is 11.4. The molecule has 1 amide bonds. The number of benzene rings is 1. The second-order valence-electron chi connectivity index (χ2n) is 4.24. The molecule has 0 saturated carbocycles. The van der Waals surface area contributed by atoms with Gasteiger partial charge in [-0.15, -0.1) is 0 Å². The van der Waals surface area contributed by atoms with Gasteiger partial charge in [-0.2, -0.15) is 0 Å². The third-order valence-electron chi connectivity index (χ3n) is 3.17. The summed E-state index contributed by atoms with van der Waals surface area (Å²) >= 11 is 0. The van der Waals surface area contributed by atoms with Crippen molar-refractivity contribution in [3.8, 4) is 0 Å². The van der Waals surface area contributed by atoms with Gasteiger partial charge in [-0.3, -0.25) is 4.79 Å². The smallest absolute Gasteiger partial charge is 0.251 e. The molecule has 3 heteroatoms. The first-order chi connectivity index (χ1) is 7.81. The minimum Gasteiger partial charge on any atom is -0.355 e. The molecular formula is C13H18N2O. The number of rotatable bonds is 2. The Morgan fingerprint density at radius 3 is 2.69 bits per heavy atom. The van der Waals surface area contributed by atoms with Crippen molar-refractivity contribution in [2.24, 2.45) is 0 Å². The molecule has 0 spiro atoms. The molecule has 16 heavy (non-hydrogen) atoms. The zero-order valence-electron chi connectivity index (χ0n) is 9.62. The fourth-order valence-electron chi connectivity index (χ4n) is 2.19. The van der Waals surface area contributed by atoms with E-state index in [2.05, 4.69) is 22.8 Å². The fraction of sp³-hybridized carbons (Fsp3) is 0.462. The van der Waals surface area contributed by atoms with Gasteiger partial charge in [0.25, 0.3) is 5.91 Å². The molecule has 3 nitrogen and oxygen atoms in total. The Bertz CT molecular complexity index is 353. The topological polar surface area (TPSA) is 41.1 Å². The van der Waals surface area contributed by atoms with Crippen molar-refractivity contribution in [3.05, 3.63) is 35.4 Å². The number of carbonyl (C=O) groups excluding carboxylic acids is 1. The summed E-state index contributed by atoms with van der Waals surface area (Å²) in [6.45, 7) is 2.19. The summed E-state index contributed by atoms with van der Waals surface area (Å²) in [7, 11) is 1.65. The van der Waals surface area contributed by atoms with Gasteiger partial charge in [0.05, 0.1) is 0 Å². The van der Waals surface area contributed by atoms with Crippen molar-refractivity contribution in [2.75, 3.05) is 20.1 Å². The van der Waals surface area contributed by atoms with Gasteiger partial charge in [0.15, 0.2) is 0 Å². The van der Waals surface area contributed by atoms with E-state index in [0.717, 1.165) is 18.7 Å². The first-order valence-electron chi connectivity index (χ1n) is 5.84. The van der Waals surface area contributed by atoms with Crippen LogP contribution < -0.4 is 10.6 Å². The van der Waals surface area contributed by atoms with Gasteiger partial charge >= 0.3 is 0 Å². The molecule has 0 radical (unpaired) electrons. The van der Waals surface area contributed by atoms with Crippen LogP contribution in [0.4, 0.5) is 0 Å². The van der Waals surface area contributed by atoms with Crippen LogP contribution in [0.3, 0.4) is 0 Å². The molecule has 1 saturated heterocycles. The van der Waals surface area contributed by atoms with Crippen molar-refractivity contribution < 1.29 is 4.79 Å². The summed E-state index contributed by atoms with van der Waals surface area (Å²) in [5, 5.41) is 6.03. The van der Waals surface area contributed by atoms with Crippen molar-refractivity contribution in [3.63, 3.8) is 0 Å². The Balaban J connectivity index is 2.09. The van der Waals surface area contributed by atoms with Crippen molar-refractivity contribution in [2.45, 2.75) is 18.8 Å². The molecule has 1 unspecified atom stereocenters. The van der Waals surface area contributed by atoms with Crippen LogP contribution in [-0.2, 0) is 0 Å². The number of hydrogen-bond acceptors (Lipinski definition) is 2. The second-order valence-corrected chi connectivity index (χ2v) is 4.24. The van der Waals surface area contributed by atoms with E-state index >= 15 is 0 Å². The lowest BCUT2D eigenvalue weighted by Gasteiger charge is -2.23. The van der Waals surface area contributed by atoms with Crippen LogP contribution in [0.15, 0.2) is 24.3 Å². The fourth-order valence-corrected chi connectivity index (χ4v) is 2.19. The minimum absolute atomic E-state index is 0.0201. The Labute approximate surface area is 96.2 Å². The summed E-state index contributed by atoms with van der Waals surface area (Å²) in [5.41, 5.74) is 2.06. The van der Waals surface area contributed by atoms with Crippen molar-refractivity contribution in [1.29, 1.82) is 0 Å². The predicted molar refractivity (Wildman–Crippen MR) is 64.7 cm³/mol. The van der Waals surface area contributed by atoms with Crippen molar-refractivity contribution >= 4 is 5.91 Å². The molecule has 1 atom stereocenters. The molecule has 1 fully saturated rings. The molecule has 2 N–H and O–H groups in total. The van der Waals surface area contributed by atoms with Gasteiger partial charge in [0.1, 0.15) is 0 Å². The first kappa shape index (κ1) is 11.1. The molecule has 0 aromatic heterocycles. The Kier molecular flexibility index (Phi) is 3.57. The molecule has 0 bridgehead atoms. The Morgan fingerprint density at radius 1 is 1.38 bits per heavy atom. The van der Waals surface area contributed by atoms with Crippen molar-refractivity contribution in [1.82, 2.24) is 10.6 Å². The summed E-state index contributed by atoms with van der Waals surface area (Å²) in [6, 6.07) is 7.95. The lowest BCUT2D eigenvalue weighted by atomic mass is 9.91. The molecule has 86 valence electrons. The average Bonchev–Trinajstić information content (AvgIpc) is 2.39. The van der Waals surface area contributed by atoms with Gasteiger partial charge in [-0.05, 0) is 43.0 Å².